The highest BCUT2D eigenvalue weighted by atomic mass is 32.2. The van der Waals surface area contributed by atoms with Gasteiger partial charge in [0.2, 0.25) is 15.9 Å². The highest BCUT2D eigenvalue weighted by Gasteiger charge is 2.26. The van der Waals surface area contributed by atoms with Crippen molar-refractivity contribution in [3.8, 4) is 0 Å². The number of nitrogens with zero attached hydrogens (tertiary/aromatic N) is 3. The number of benzene rings is 2. The molecule has 1 heterocycles. The second kappa shape index (κ2) is 11.4. The van der Waals surface area contributed by atoms with Crippen LogP contribution in [0.2, 0.25) is 0 Å². The van der Waals surface area contributed by atoms with Gasteiger partial charge >= 0.3 is 0 Å². The summed E-state index contributed by atoms with van der Waals surface area (Å²) in [5.41, 5.74) is 1.39. The third-order valence-corrected chi connectivity index (χ3v) is 9.00. The molecule has 33 heavy (non-hydrogen) atoms. The number of piperazine rings is 1. The van der Waals surface area contributed by atoms with Crippen LogP contribution in [0.3, 0.4) is 0 Å². The molecule has 1 atom stereocenters. The van der Waals surface area contributed by atoms with E-state index in [1.807, 2.05) is 57.2 Å². The summed E-state index contributed by atoms with van der Waals surface area (Å²) in [5.74, 6) is -0.156. The molecular formula is C24H34N4O3S2. The van der Waals surface area contributed by atoms with Crippen LogP contribution in [0.1, 0.15) is 20.8 Å². The van der Waals surface area contributed by atoms with Crippen molar-refractivity contribution in [2.45, 2.75) is 35.8 Å². The molecule has 0 aliphatic carbocycles. The van der Waals surface area contributed by atoms with Crippen LogP contribution in [0.4, 0.5) is 11.4 Å². The van der Waals surface area contributed by atoms with E-state index < -0.39 is 10.0 Å². The molecular weight excluding hydrogens is 456 g/mol. The summed E-state index contributed by atoms with van der Waals surface area (Å²) < 4.78 is 27.7. The Kier molecular flexibility index (Phi) is 8.81. The van der Waals surface area contributed by atoms with Crippen molar-refractivity contribution < 1.29 is 13.2 Å². The fourth-order valence-electron chi connectivity index (χ4n) is 3.80. The molecule has 9 heteroatoms. The molecule has 0 unspecified atom stereocenters. The highest BCUT2D eigenvalue weighted by molar-refractivity contribution is 8.00. The van der Waals surface area contributed by atoms with E-state index in [9.17, 15) is 13.2 Å². The van der Waals surface area contributed by atoms with Crippen LogP contribution in [-0.2, 0) is 14.8 Å². The van der Waals surface area contributed by atoms with Crippen molar-refractivity contribution in [2.75, 3.05) is 56.5 Å². The largest absolute Gasteiger partial charge is 0.367 e. The number of carbonyl (C=O) groups is 1. The van der Waals surface area contributed by atoms with Gasteiger partial charge in [-0.25, -0.2) is 8.42 Å². The molecule has 2 aromatic rings. The van der Waals surface area contributed by atoms with Gasteiger partial charge in [0.15, 0.2) is 0 Å². The lowest BCUT2D eigenvalue weighted by Gasteiger charge is -2.35. The molecule has 0 spiro atoms. The number of nitrogens with one attached hydrogen (secondary N) is 1. The van der Waals surface area contributed by atoms with Crippen molar-refractivity contribution in [2.24, 2.45) is 0 Å². The lowest BCUT2D eigenvalue weighted by Crippen LogP contribution is -2.44. The minimum absolute atomic E-state index is 0.156. The average molecular weight is 491 g/mol. The summed E-state index contributed by atoms with van der Waals surface area (Å²) in [5, 5.41) is 2.69. The third kappa shape index (κ3) is 6.29. The Balaban J connectivity index is 1.90. The first kappa shape index (κ1) is 25.6. The molecule has 1 aliphatic heterocycles. The lowest BCUT2D eigenvalue weighted by molar-refractivity contribution is -0.115. The molecule has 1 fully saturated rings. The molecule has 1 saturated heterocycles. The van der Waals surface area contributed by atoms with Crippen LogP contribution in [-0.4, -0.2) is 75.1 Å². The van der Waals surface area contributed by atoms with Crippen molar-refractivity contribution in [3.63, 3.8) is 0 Å². The van der Waals surface area contributed by atoms with Crippen LogP contribution >= 0.6 is 11.8 Å². The average Bonchev–Trinajstić information content (AvgIpc) is 2.81. The standard InChI is InChI=1S/C24H34N4O3S2/c1-5-28(6-2)33(30,31)21-12-13-23(27-16-14-26(4)15-17-27)22(18-21)25-24(29)19(3)32-20-10-8-7-9-11-20/h7-13,18-19H,5-6,14-17H2,1-4H3,(H,25,29)/t19-/m1/s1. The summed E-state index contributed by atoms with van der Waals surface area (Å²) in [6.45, 7) is 9.75. The van der Waals surface area contributed by atoms with E-state index in [4.69, 9.17) is 0 Å². The van der Waals surface area contributed by atoms with E-state index in [-0.39, 0.29) is 16.1 Å². The fraction of sp³-hybridized carbons (Fsp3) is 0.458. The first-order chi connectivity index (χ1) is 15.8. The topological polar surface area (TPSA) is 73.0 Å². The Hall–Kier alpha value is -2.07. The van der Waals surface area contributed by atoms with Gasteiger partial charge in [-0.05, 0) is 44.3 Å². The van der Waals surface area contributed by atoms with E-state index in [2.05, 4.69) is 22.2 Å². The Bertz CT molecular complexity index is 1030. The molecule has 1 N–H and O–H groups in total. The van der Waals surface area contributed by atoms with Crippen LogP contribution in [0, 0.1) is 0 Å². The number of rotatable bonds is 9. The number of anilines is 2. The lowest BCUT2D eigenvalue weighted by atomic mass is 10.2. The zero-order valence-corrected chi connectivity index (χ0v) is 21.5. The van der Waals surface area contributed by atoms with Crippen LogP contribution in [0.15, 0.2) is 58.3 Å². The van der Waals surface area contributed by atoms with Gasteiger partial charge in [0.25, 0.3) is 0 Å². The van der Waals surface area contributed by atoms with Gasteiger partial charge in [-0.3, -0.25) is 4.79 Å². The number of hydrogen-bond acceptors (Lipinski definition) is 6. The Morgan fingerprint density at radius 1 is 1.06 bits per heavy atom. The second-order valence-electron chi connectivity index (χ2n) is 8.12. The molecule has 2 aromatic carbocycles. The summed E-state index contributed by atoms with van der Waals surface area (Å²) in [6.07, 6.45) is 0. The molecule has 0 aromatic heterocycles. The molecule has 0 radical (unpaired) electrons. The summed E-state index contributed by atoms with van der Waals surface area (Å²) in [7, 11) is -1.55. The van der Waals surface area contributed by atoms with Gasteiger partial charge in [0.05, 0.1) is 21.5 Å². The zero-order valence-electron chi connectivity index (χ0n) is 19.8. The van der Waals surface area contributed by atoms with Gasteiger partial charge < -0.3 is 15.1 Å². The minimum Gasteiger partial charge on any atom is -0.367 e. The maximum absolute atomic E-state index is 13.1. The van der Waals surface area contributed by atoms with E-state index in [0.717, 1.165) is 36.8 Å². The maximum atomic E-state index is 13.1. The van der Waals surface area contributed by atoms with Crippen molar-refractivity contribution in [1.82, 2.24) is 9.21 Å². The summed E-state index contributed by atoms with van der Waals surface area (Å²) in [4.78, 5) is 18.8. The van der Waals surface area contributed by atoms with Crippen molar-refractivity contribution in [1.29, 1.82) is 0 Å². The smallest absolute Gasteiger partial charge is 0.243 e. The first-order valence-electron chi connectivity index (χ1n) is 11.4. The predicted octanol–water partition coefficient (Wildman–Crippen LogP) is 3.59. The second-order valence-corrected chi connectivity index (χ2v) is 11.5. The number of carbonyl (C=O) groups excluding carboxylic acids is 1. The molecule has 0 bridgehead atoms. The number of hydrogen-bond donors (Lipinski definition) is 1. The highest BCUT2D eigenvalue weighted by Crippen LogP contribution is 2.32. The van der Waals surface area contributed by atoms with Gasteiger partial charge in [-0.15, -0.1) is 11.8 Å². The summed E-state index contributed by atoms with van der Waals surface area (Å²) in [6, 6.07) is 14.9. The number of thioether (sulfide) groups is 1. The van der Waals surface area contributed by atoms with E-state index >= 15 is 0 Å². The fourth-order valence-corrected chi connectivity index (χ4v) is 6.18. The maximum Gasteiger partial charge on any atom is 0.243 e. The third-order valence-electron chi connectivity index (χ3n) is 5.84. The van der Waals surface area contributed by atoms with Crippen LogP contribution in [0.5, 0.6) is 0 Å². The van der Waals surface area contributed by atoms with Gasteiger partial charge in [0, 0.05) is 44.2 Å². The van der Waals surface area contributed by atoms with Gasteiger partial charge in [-0.1, -0.05) is 32.0 Å². The number of amides is 1. The Labute approximate surface area is 202 Å². The number of likely N-dealkylation sites (N-methyl/N-ethyl adjacent to an activating group) is 1. The Morgan fingerprint density at radius 2 is 1.70 bits per heavy atom. The molecule has 7 nitrogen and oxygen atoms in total. The van der Waals surface area contributed by atoms with Gasteiger partial charge in [0.1, 0.15) is 0 Å². The van der Waals surface area contributed by atoms with Crippen molar-refractivity contribution in [3.05, 3.63) is 48.5 Å². The van der Waals surface area contributed by atoms with Crippen LogP contribution in [0.25, 0.3) is 0 Å². The predicted molar refractivity (Wildman–Crippen MR) is 137 cm³/mol. The molecule has 0 saturated carbocycles. The summed E-state index contributed by atoms with van der Waals surface area (Å²) >= 11 is 1.48. The van der Waals surface area contributed by atoms with E-state index in [1.165, 1.54) is 16.1 Å². The first-order valence-corrected chi connectivity index (χ1v) is 13.7. The van der Waals surface area contributed by atoms with Gasteiger partial charge in [-0.2, -0.15) is 4.31 Å². The Morgan fingerprint density at radius 3 is 2.30 bits per heavy atom. The molecule has 180 valence electrons. The normalized spacial score (nSPS) is 16.1. The SMILES string of the molecule is CCN(CC)S(=O)(=O)c1ccc(N2CCN(C)CC2)c(NC(=O)[C@@H](C)Sc2ccccc2)c1. The quantitative estimate of drug-likeness (QED) is 0.542. The van der Waals surface area contributed by atoms with Crippen LogP contribution < -0.4 is 10.2 Å². The molecule has 1 amide bonds. The van der Waals surface area contributed by atoms with E-state index in [0.29, 0.717) is 18.8 Å². The van der Waals surface area contributed by atoms with E-state index in [1.54, 1.807) is 12.1 Å². The number of sulfonamides is 1. The minimum atomic E-state index is -3.63. The molecule has 3 rings (SSSR count). The van der Waals surface area contributed by atoms with Crippen molar-refractivity contribution >= 4 is 39.1 Å². The molecule has 1 aliphatic rings. The monoisotopic (exact) mass is 490 g/mol. The zero-order chi connectivity index (χ0) is 24.0.